The van der Waals surface area contributed by atoms with Crippen LogP contribution in [-0.2, 0) is 0 Å². The minimum absolute atomic E-state index is 0.214. The lowest BCUT2D eigenvalue weighted by molar-refractivity contribution is 0.0270. The molecule has 1 aromatic carbocycles. The molecule has 4 heteroatoms. The summed E-state index contributed by atoms with van der Waals surface area (Å²) in [5.74, 6) is 0.778. The van der Waals surface area contributed by atoms with Crippen molar-refractivity contribution in [2.24, 2.45) is 5.73 Å². The van der Waals surface area contributed by atoms with Gasteiger partial charge in [-0.15, -0.1) is 0 Å². The molecule has 2 rings (SSSR count). The van der Waals surface area contributed by atoms with Gasteiger partial charge in [0.25, 0.3) is 0 Å². The molecule has 1 atom stereocenters. The van der Waals surface area contributed by atoms with E-state index in [1.165, 1.54) is 0 Å². The van der Waals surface area contributed by atoms with Gasteiger partial charge in [0.05, 0.1) is 0 Å². The summed E-state index contributed by atoms with van der Waals surface area (Å²) < 4.78 is 5.75. The molecule has 1 aromatic rings. The molecule has 4 nitrogen and oxygen atoms in total. The van der Waals surface area contributed by atoms with Gasteiger partial charge in [0, 0.05) is 13.0 Å². The van der Waals surface area contributed by atoms with E-state index in [4.69, 9.17) is 10.5 Å². The molecule has 0 aromatic heterocycles. The van der Waals surface area contributed by atoms with Crippen molar-refractivity contribution in [2.45, 2.75) is 25.5 Å². The van der Waals surface area contributed by atoms with Gasteiger partial charge in [0.15, 0.2) is 6.23 Å². The van der Waals surface area contributed by atoms with E-state index < -0.39 is 6.03 Å². The molecule has 0 aliphatic carbocycles. The molecular formula is C12H16N2O2. The Kier molecular flexibility index (Phi) is 3.29. The van der Waals surface area contributed by atoms with Crippen LogP contribution in [0, 0.1) is 0 Å². The molecule has 0 bridgehead atoms. The van der Waals surface area contributed by atoms with E-state index in [1.54, 1.807) is 4.90 Å². The van der Waals surface area contributed by atoms with Crippen LogP contribution in [0.4, 0.5) is 4.79 Å². The number of urea groups is 1. The van der Waals surface area contributed by atoms with Crippen LogP contribution in [0.1, 0.15) is 19.3 Å². The van der Waals surface area contributed by atoms with Crippen molar-refractivity contribution in [2.75, 3.05) is 6.54 Å². The summed E-state index contributed by atoms with van der Waals surface area (Å²) in [7, 11) is 0. The smallest absolute Gasteiger partial charge is 0.317 e. The van der Waals surface area contributed by atoms with Crippen molar-refractivity contribution in [1.82, 2.24) is 4.90 Å². The van der Waals surface area contributed by atoms with Crippen LogP contribution >= 0.6 is 0 Å². The number of rotatable bonds is 2. The predicted molar refractivity (Wildman–Crippen MR) is 61.0 cm³/mol. The highest BCUT2D eigenvalue weighted by molar-refractivity contribution is 5.72. The maximum absolute atomic E-state index is 11.2. The van der Waals surface area contributed by atoms with Crippen molar-refractivity contribution in [1.29, 1.82) is 0 Å². The Morgan fingerprint density at radius 1 is 1.31 bits per heavy atom. The van der Waals surface area contributed by atoms with E-state index in [2.05, 4.69) is 0 Å². The maximum atomic E-state index is 11.2. The lowest BCUT2D eigenvalue weighted by Gasteiger charge is -2.34. The zero-order chi connectivity index (χ0) is 11.4. The van der Waals surface area contributed by atoms with E-state index in [1.807, 2.05) is 30.3 Å². The summed E-state index contributed by atoms with van der Waals surface area (Å²) in [4.78, 5) is 12.8. The number of carbonyl (C=O) groups excluding carboxylic acids is 1. The monoisotopic (exact) mass is 220 g/mol. The highest BCUT2D eigenvalue weighted by Crippen LogP contribution is 2.20. The summed E-state index contributed by atoms with van der Waals surface area (Å²) in [6, 6.07) is 9.11. The molecule has 1 unspecified atom stereocenters. The molecule has 1 heterocycles. The summed E-state index contributed by atoms with van der Waals surface area (Å²) in [6.45, 7) is 0.687. The molecule has 1 aliphatic heterocycles. The molecule has 1 fully saturated rings. The normalized spacial score (nSPS) is 20.5. The molecule has 1 saturated heterocycles. The Labute approximate surface area is 95.0 Å². The SMILES string of the molecule is NC(=O)N1CCCCC1Oc1ccccc1. The molecule has 1 aliphatic rings. The van der Waals surface area contributed by atoms with Crippen molar-refractivity contribution in [3.8, 4) is 5.75 Å². The second-order valence-corrected chi connectivity index (χ2v) is 3.91. The Hall–Kier alpha value is -1.71. The summed E-state index contributed by atoms with van der Waals surface area (Å²) in [5, 5.41) is 0. The third-order valence-corrected chi connectivity index (χ3v) is 2.75. The van der Waals surface area contributed by atoms with Crippen LogP contribution in [-0.4, -0.2) is 23.7 Å². The average molecular weight is 220 g/mol. The topological polar surface area (TPSA) is 55.6 Å². The van der Waals surface area contributed by atoms with Gasteiger partial charge in [-0.1, -0.05) is 18.2 Å². The second kappa shape index (κ2) is 4.88. The largest absolute Gasteiger partial charge is 0.470 e. The van der Waals surface area contributed by atoms with Gasteiger partial charge in [0.2, 0.25) is 0 Å². The lowest BCUT2D eigenvalue weighted by Crippen LogP contribution is -2.49. The Balaban J connectivity index is 2.04. The van der Waals surface area contributed by atoms with E-state index in [0.717, 1.165) is 25.0 Å². The molecule has 86 valence electrons. The summed E-state index contributed by atoms with van der Waals surface area (Å²) in [5.41, 5.74) is 5.32. The minimum atomic E-state index is -0.402. The fraction of sp³-hybridized carbons (Fsp3) is 0.417. The number of amides is 2. The summed E-state index contributed by atoms with van der Waals surface area (Å²) >= 11 is 0. The van der Waals surface area contributed by atoms with Crippen LogP contribution in [0.2, 0.25) is 0 Å². The van der Waals surface area contributed by atoms with Crippen molar-refractivity contribution in [3.63, 3.8) is 0 Å². The van der Waals surface area contributed by atoms with Crippen LogP contribution < -0.4 is 10.5 Å². The molecule has 2 amide bonds. The number of likely N-dealkylation sites (tertiary alicyclic amines) is 1. The van der Waals surface area contributed by atoms with Crippen molar-refractivity contribution < 1.29 is 9.53 Å². The third-order valence-electron chi connectivity index (χ3n) is 2.75. The number of benzene rings is 1. The number of piperidine rings is 1. The lowest BCUT2D eigenvalue weighted by atomic mass is 10.1. The highest BCUT2D eigenvalue weighted by atomic mass is 16.5. The molecule has 0 radical (unpaired) electrons. The van der Waals surface area contributed by atoms with Gasteiger partial charge in [-0.3, -0.25) is 4.90 Å². The number of nitrogens with zero attached hydrogens (tertiary/aromatic N) is 1. The van der Waals surface area contributed by atoms with Crippen LogP contribution in [0.5, 0.6) is 5.75 Å². The first-order valence-electron chi connectivity index (χ1n) is 5.55. The number of hydrogen-bond donors (Lipinski definition) is 1. The fourth-order valence-corrected chi connectivity index (χ4v) is 1.93. The van der Waals surface area contributed by atoms with Crippen LogP contribution in [0.15, 0.2) is 30.3 Å². The highest BCUT2D eigenvalue weighted by Gasteiger charge is 2.26. The number of nitrogens with two attached hydrogens (primary N) is 1. The Morgan fingerprint density at radius 2 is 2.06 bits per heavy atom. The number of hydrogen-bond acceptors (Lipinski definition) is 2. The van der Waals surface area contributed by atoms with Gasteiger partial charge in [0.1, 0.15) is 5.75 Å². The first kappa shape index (κ1) is 10.8. The standard InChI is InChI=1S/C12H16N2O2/c13-12(15)14-9-5-4-8-11(14)16-10-6-2-1-3-7-10/h1-3,6-7,11H,4-5,8-9H2,(H2,13,15). The van der Waals surface area contributed by atoms with E-state index in [0.29, 0.717) is 6.54 Å². The summed E-state index contributed by atoms with van der Waals surface area (Å²) in [6.07, 6.45) is 2.70. The van der Waals surface area contributed by atoms with Crippen LogP contribution in [0.3, 0.4) is 0 Å². The zero-order valence-corrected chi connectivity index (χ0v) is 9.13. The Bertz CT molecular complexity index is 353. The van der Waals surface area contributed by atoms with Gasteiger partial charge in [-0.25, -0.2) is 4.79 Å². The third kappa shape index (κ3) is 2.45. The van der Waals surface area contributed by atoms with Gasteiger partial charge < -0.3 is 10.5 Å². The van der Waals surface area contributed by atoms with E-state index in [-0.39, 0.29) is 6.23 Å². The maximum Gasteiger partial charge on any atom is 0.317 e. The molecule has 2 N–H and O–H groups in total. The van der Waals surface area contributed by atoms with Gasteiger partial charge >= 0.3 is 6.03 Å². The quantitative estimate of drug-likeness (QED) is 0.828. The van der Waals surface area contributed by atoms with E-state index in [9.17, 15) is 4.79 Å². The van der Waals surface area contributed by atoms with E-state index >= 15 is 0 Å². The van der Waals surface area contributed by atoms with Crippen molar-refractivity contribution >= 4 is 6.03 Å². The number of para-hydroxylation sites is 1. The van der Waals surface area contributed by atoms with Gasteiger partial charge in [-0.05, 0) is 25.0 Å². The Morgan fingerprint density at radius 3 is 2.75 bits per heavy atom. The second-order valence-electron chi connectivity index (χ2n) is 3.91. The zero-order valence-electron chi connectivity index (χ0n) is 9.13. The number of carbonyl (C=O) groups is 1. The molecular weight excluding hydrogens is 204 g/mol. The first-order chi connectivity index (χ1) is 7.77. The van der Waals surface area contributed by atoms with Crippen LogP contribution in [0.25, 0.3) is 0 Å². The molecule has 0 saturated carbocycles. The average Bonchev–Trinajstić information content (AvgIpc) is 2.31. The number of ether oxygens (including phenoxy) is 1. The van der Waals surface area contributed by atoms with Crippen molar-refractivity contribution in [3.05, 3.63) is 30.3 Å². The number of primary amides is 1. The van der Waals surface area contributed by atoms with Gasteiger partial charge in [-0.2, -0.15) is 0 Å². The first-order valence-corrected chi connectivity index (χ1v) is 5.55. The minimum Gasteiger partial charge on any atom is -0.470 e. The molecule has 16 heavy (non-hydrogen) atoms. The fourth-order valence-electron chi connectivity index (χ4n) is 1.93. The predicted octanol–water partition coefficient (Wildman–Crippen LogP) is 1.96. The molecule has 0 spiro atoms.